The quantitative estimate of drug-likeness (QED) is 0.419. The smallest absolute Gasteiger partial charge is 0.155 e. The fourth-order valence-corrected chi connectivity index (χ4v) is 6.85. The first-order valence-electron chi connectivity index (χ1n) is 10.1. The number of ketones is 1. The average molecular weight is 332 g/mol. The maximum Gasteiger partial charge on any atom is 0.155 e. The van der Waals surface area contributed by atoms with Gasteiger partial charge in [0.1, 0.15) is 0 Å². The second kappa shape index (κ2) is 6.25. The summed E-state index contributed by atoms with van der Waals surface area (Å²) < 4.78 is 0. The molecule has 3 nitrogen and oxygen atoms in total. The minimum Gasteiger partial charge on any atom is -0.295 e. The fourth-order valence-electron chi connectivity index (χ4n) is 6.85. The lowest BCUT2D eigenvalue weighted by Gasteiger charge is -2.57. The van der Waals surface area contributed by atoms with Gasteiger partial charge in [0.2, 0.25) is 0 Å². The summed E-state index contributed by atoms with van der Waals surface area (Å²) in [5, 5.41) is 0. The molecule has 0 saturated heterocycles. The molecule has 0 unspecified atom stereocenters. The topological polar surface area (TPSA) is 35.5 Å². The standard InChI is InChI=1S/C21H32O3/c1-3-23-24-14-21-10-4-5-19(21)17-7-6-15-13-16(22)8-11-20(15,2)18(17)9-12-21/h13,17-19H,3-12,14H2,1-2H3/t17-,18+,19+,20+,21+/m1/s1. The van der Waals surface area contributed by atoms with Gasteiger partial charge in [0.25, 0.3) is 0 Å². The molecule has 0 N–H and O–H groups in total. The Labute approximate surface area is 146 Å². The van der Waals surface area contributed by atoms with E-state index in [1.165, 1.54) is 44.1 Å². The monoisotopic (exact) mass is 332 g/mol. The molecule has 4 rings (SSSR count). The Balaban J connectivity index is 1.57. The Morgan fingerprint density at radius 2 is 1.96 bits per heavy atom. The van der Waals surface area contributed by atoms with Crippen LogP contribution in [0.25, 0.3) is 0 Å². The van der Waals surface area contributed by atoms with Crippen molar-refractivity contribution >= 4 is 5.78 Å². The molecule has 24 heavy (non-hydrogen) atoms. The Kier molecular flexibility index (Phi) is 4.37. The summed E-state index contributed by atoms with van der Waals surface area (Å²) in [5.74, 6) is 2.75. The van der Waals surface area contributed by atoms with E-state index in [1.807, 2.05) is 13.0 Å². The molecule has 4 aliphatic carbocycles. The highest BCUT2D eigenvalue weighted by Crippen LogP contribution is 2.65. The summed E-state index contributed by atoms with van der Waals surface area (Å²) >= 11 is 0. The molecule has 0 heterocycles. The SMILES string of the molecule is CCOOC[C@@]12CCC[C@H]1[C@@H]1CCC3=CC(=O)CC[C@]3(C)[C@H]1CC2. The van der Waals surface area contributed by atoms with Crippen LogP contribution in [0.1, 0.15) is 71.6 Å². The van der Waals surface area contributed by atoms with Crippen molar-refractivity contribution in [3.63, 3.8) is 0 Å². The number of rotatable bonds is 4. The highest BCUT2D eigenvalue weighted by atomic mass is 17.2. The van der Waals surface area contributed by atoms with E-state index in [0.29, 0.717) is 17.8 Å². The molecule has 3 saturated carbocycles. The number of fused-ring (bicyclic) bond motifs is 5. The average Bonchev–Trinajstić information content (AvgIpc) is 3.00. The number of carbonyl (C=O) groups excluding carboxylic acids is 1. The molecule has 0 spiro atoms. The minimum absolute atomic E-state index is 0.284. The van der Waals surface area contributed by atoms with Gasteiger partial charge in [0.05, 0.1) is 13.2 Å². The lowest BCUT2D eigenvalue weighted by atomic mass is 9.47. The molecule has 0 aromatic heterocycles. The van der Waals surface area contributed by atoms with Crippen molar-refractivity contribution in [1.82, 2.24) is 0 Å². The normalized spacial score (nSPS) is 44.5. The maximum atomic E-state index is 11.9. The summed E-state index contributed by atoms with van der Waals surface area (Å²) in [7, 11) is 0. The van der Waals surface area contributed by atoms with E-state index < -0.39 is 0 Å². The predicted octanol–water partition coefficient (Wildman–Crippen LogP) is 4.86. The van der Waals surface area contributed by atoms with E-state index in [-0.39, 0.29) is 5.41 Å². The highest BCUT2D eigenvalue weighted by Gasteiger charge is 2.57. The lowest BCUT2D eigenvalue weighted by Crippen LogP contribution is -2.51. The van der Waals surface area contributed by atoms with Crippen molar-refractivity contribution in [1.29, 1.82) is 0 Å². The van der Waals surface area contributed by atoms with E-state index >= 15 is 0 Å². The van der Waals surface area contributed by atoms with Crippen LogP contribution in [0.3, 0.4) is 0 Å². The second-order valence-electron chi connectivity index (χ2n) is 8.93. The molecule has 0 radical (unpaired) electrons. The van der Waals surface area contributed by atoms with Crippen LogP contribution < -0.4 is 0 Å². The van der Waals surface area contributed by atoms with Crippen LogP contribution in [0.4, 0.5) is 0 Å². The van der Waals surface area contributed by atoms with Crippen molar-refractivity contribution in [3.8, 4) is 0 Å². The summed E-state index contributed by atoms with van der Waals surface area (Å²) in [4.78, 5) is 22.7. The van der Waals surface area contributed by atoms with Gasteiger partial charge in [-0.2, -0.15) is 0 Å². The van der Waals surface area contributed by atoms with Gasteiger partial charge in [-0.25, -0.2) is 9.78 Å². The maximum absolute atomic E-state index is 11.9. The van der Waals surface area contributed by atoms with Crippen LogP contribution in [0.2, 0.25) is 0 Å². The predicted molar refractivity (Wildman–Crippen MR) is 93.2 cm³/mol. The van der Waals surface area contributed by atoms with Gasteiger partial charge in [-0.3, -0.25) is 4.79 Å². The number of carbonyl (C=O) groups is 1. The van der Waals surface area contributed by atoms with Crippen LogP contribution in [0.15, 0.2) is 11.6 Å². The van der Waals surface area contributed by atoms with Gasteiger partial charge in [-0.1, -0.05) is 18.9 Å². The number of hydrogen-bond acceptors (Lipinski definition) is 3. The molecule has 0 amide bonds. The zero-order valence-electron chi connectivity index (χ0n) is 15.3. The first-order chi connectivity index (χ1) is 11.6. The van der Waals surface area contributed by atoms with Crippen molar-refractivity contribution in [2.75, 3.05) is 13.2 Å². The summed E-state index contributed by atoms with van der Waals surface area (Å²) in [5.41, 5.74) is 2.11. The van der Waals surface area contributed by atoms with Crippen molar-refractivity contribution in [2.24, 2.45) is 28.6 Å². The third kappa shape index (κ3) is 2.50. The van der Waals surface area contributed by atoms with E-state index in [4.69, 9.17) is 9.78 Å². The molecule has 5 atom stereocenters. The van der Waals surface area contributed by atoms with Crippen LogP contribution in [0, 0.1) is 28.6 Å². The third-order valence-electron chi connectivity index (χ3n) is 8.04. The Morgan fingerprint density at radius 3 is 2.79 bits per heavy atom. The highest BCUT2D eigenvalue weighted by molar-refractivity contribution is 5.91. The molecular weight excluding hydrogens is 300 g/mol. The molecule has 0 aliphatic heterocycles. The number of hydrogen-bond donors (Lipinski definition) is 0. The van der Waals surface area contributed by atoms with Crippen molar-refractivity contribution in [2.45, 2.75) is 71.6 Å². The molecule has 0 aromatic carbocycles. The molecule has 3 fully saturated rings. The minimum atomic E-state index is 0.284. The first-order valence-corrected chi connectivity index (χ1v) is 10.1. The van der Waals surface area contributed by atoms with Gasteiger partial charge >= 0.3 is 0 Å². The number of allylic oxidation sites excluding steroid dienone is 1. The van der Waals surface area contributed by atoms with Gasteiger partial charge in [0.15, 0.2) is 5.78 Å². The molecule has 3 heteroatoms. The van der Waals surface area contributed by atoms with Gasteiger partial charge in [-0.05, 0) is 81.1 Å². The van der Waals surface area contributed by atoms with E-state index in [0.717, 1.165) is 43.6 Å². The summed E-state index contributed by atoms with van der Waals surface area (Å²) in [6, 6.07) is 0. The third-order valence-corrected chi connectivity index (χ3v) is 8.04. The molecular formula is C21H32O3. The van der Waals surface area contributed by atoms with E-state index in [9.17, 15) is 4.79 Å². The Morgan fingerprint density at radius 1 is 1.08 bits per heavy atom. The van der Waals surface area contributed by atoms with E-state index in [1.54, 1.807) is 0 Å². The first kappa shape index (κ1) is 16.8. The van der Waals surface area contributed by atoms with Crippen LogP contribution in [-0.4, -0.2) is 19.0 Å². The fraction of sp³-hybridized carbons (Fsp3) is 0.857. The summed E-state index contributed by atoms with van der Waals surface area (Å²) in [6.45, 7) is 5.86. The lowest BCUT2D eigenvalue weighted by molar-refractivity contribution is -0.314. The molecule has 134 valence electrons. The summed E-state index contributed by atoms with van der Waals surface area (Å²) in [6.07, 6.45) is 12.9. The molecule has 4 aliphatic rings. The zero-order valence-corrected chi connectivity index (χ0v) is 15.3. The van der Waals surface area contributed by atoms with Crippen LogP contribution in [0.5, 0.6) is 0 Å². The van der Waals surface area contributed by atoms with Crippen LogP contribution in [-0.2, 0) is 14.6 Å². The Bertz CT molecular complexity index is 539. The van der Waals surface area contributed by atoms with Crippen molar-refractivity contribution in [3.05, 3.63) is 11.6 Å². The molecule has 0 bridgehead atoms. The van der Waals surface area contributed by atoms with Crippen molar-refractivity contribution < 1.29 is 14.6 Å². The Hall–Kier alpha value is -0.670. The van der Waals surface area contributed by atoms with Gasteiger partial charge < -0.3 is 0 Å². The van der Waals surface area contributed by atoms with Gasteiger partial charge in [-0.15, -0.1) is 0 Å². The van der Waals surface area contributed by atoms with E-state index in [2.05, 4.69) is 6.92 Å². The second-order valence-corrected chi connectivity index (χ2v) is 8.93. The zero-order chi connectivity index (χ0) is 16.8. The largest absolute Gasteiger partial charge is 0.295 e. The van der Waals surface area contributed by atoms with Crippen LogP contribution >= 0.6 is 0 Å². The molecule has 0 aromatic rings. The van der Waals surface area contributed by atoms with Gasteiger partial charge in [0, 0.05) is 11.8 Å².